The molecule has 17 rings (SSSR count). The summed E-state index contributed by atoms with van der Waals surface area (Å²) in [4.78, 5) is 83.9. The minimum absolute atomic E-state index is 0. The molecule has 16 heteroatoms. The fourth-order valence-electron chi connectivity index (χ4n) is 14.4. The summed E-state index contributed by atoms with van der Waals surface area (Å²) in [7, 11) is 0. The van der Waals surface area contributed by atoms with Gasteiger partial charge in [0.15, 0.2) is 5.78 Å². The van der Waals surface area contributed by atoms with E-state index in [1.54, 1.807) is 9.80 Å². The molecule has 92 heavy (non-hydrogen) atoms. The van der Waals surface area contributed by atoms with Crippen LogP contribution in [0.25, 0.3) is 10.9 Å². The smallest absolute Gasteiger partial charge is 0.303 e. The minimum atomic E-state index is -0.930. The number of Topliss-reactive ketones (excluding diaryl/α,β-unsaturated/α-hetero) is 1. The number of anilines is 6. The molecule has 1 fully saturated rings. The zero-order valence-corrected chi connectivity index (χ0v) is 53.6. The van der Waals surface area contributed by atoms with E-state index in [2.05, 4.69) is 111 Å². The predicted octanol–water partition coefficient (Wildman–Crippen LogP) is 14.3. The van der Waals surface area contributed by atoms with Gasteiger partial charge in [-0.2, -0.15) is 0 Å². The topological polar surface area (TPSA) is 167 Å². The third kappa shape index (κ3) is 15.1. The summed E-state index contributed by atoms with van der Waals surface area (Å²) in [6.45, 7) is 6.31. The number of benzene rings is 7. The van der Waals surface area contributed by atoms with Gasteiger partial charge >= 0.3 is 5.97 Å². The van der Waals surface area contributed by atoms with E-state index in [0.717, 1.165) is 137 Å². The Labute approximate surface area is 560 Å². The van der Waals surface area contributed by atoms with Crippen molar-refractivity contribution in [2.24, 2.45) is 11.8 Å². The van der Waals surface area contributed by atoms with E-state index in [1.165, 1.54) is 67.9 Å². The molecule has 0 spiro atoms. The van der Waals surface area contributed by atoms with Crippen LogP contribution in [0.15, 0.2) is 164 Å². The number of hydrogen-bond acceptors (Lipinski definition) is 8. The molecule has 3 N–H and O–H groups in total. The normalized spacial score (nSPS) is 17.5. The number of H-pyrrole nitrogens is 1. The van der Waals surface area contributed by atoms with Crippen LogP contribution in [0.2, 0.25) is 5.02 Å². The van der Waals surface area contributed by atoms with Gasteiger partial charge in [0.2, 0.25) is 23.6 Å². The average molecular weight is 1350 g/mol. The van der Waals surface area contributed by atoms with Gasteiger partial charge in [-0.25, -0.2) is 0 Å². The zero-order valence-electron chi connectivity index (χ0n) is 51.3. The summed E-state index contributed by atoms with van der Waals surface area (Å²) in [6.07, 6.45) is 14.6. The van der Waals surface area contributed by atoms with Crippen LogP contribution >= 0.6 is 11.6 Å². The molecule has 1 aromatic heterocycles. The van der Waals surface area contributed by atoms with Crippen molar-refractivity contribution in [3.8, 4) is 0 Å². The summed E-state index contributed by atoms with van der Waals surface area (Å²) in [5.41, 5.74) is 18.0. The molecule has 0 bridgehead atoms. The maximum Gasteiger partial charge on any atom is 0.303 e. The number of aryl methyl sites for hydroxylation is 2. The Morgan fingerprint density at radius 3 is 1.80 bits per heavy atom. The Balaban J connectivity index is 0.000000136. The molecular formula is C76H84ClN7O7Pd. The number of carbonyl (C=O) groups is 6. The number of fused-ring (bicyclic) bond motifs is 3. The fraction of sp³-hybridized carbons (Fsp3) is 0.342. The number of piperidine rings is 1. The van der Waals surface area contributed by atoms with E-state index in [1.807, 2.05) is 77.8 Å². The average Bonchev–Trinajstić information content (AvgIpc) is 1.67. The zero-order chi connectivity index (χ0) is 62.1. The van der Waals surface area contributed by atoms with E-state index >= 15 is 0 Å². The van der Waals surface area contributed by atoms with Crippen molar-refractivity contribution in [3.05, 3.63) is 213 Å². The third-order valence-corrected chi connectivity index (χ3v) is 19.2. The fourth-order valence-corrected chi connectivity index (χ4v) is 14.5. The standard InChI is InChI=1S/C23H25ClN2O.C12H13NO3.C12H11NO2.C12H13NO.C8H9N.C8H7N.CH4.Pd.H2/c24-19-5-7-20(8-6-19)25-13-10-16(11-14-25)21-9-4-17-2-1-3-18-12-15-26(22(17)18)23(21)27;14-11(5-6-12(15)16)13-8-7-9-3-1-2-4-10(9)13;14-10-4-5-11(15)13-7-6-8-2-1-3-9(10)12(8)13;14-11-6-2-5-9-3-1-4-10-7-8-13(11)12(9)10;2*1-2-4-8-7(3-1)5-6-9-8;;;/h1-3,5-8,16,21H,4,9-15H2;1-4H,5-8H2,(H,15,16);1-3H,4-7H2;1,3-4H,2,5-8H2;1-4,9H,5-6H2;1-6,9H;1H4;;1H. The Morgan fingerprint density at radius 1 is 0.522 bits per heavy atom. The number of para-hydroxylation sites is 6. The summed E-state index contributed by atoms with van der Waals surface area (Å²) in [5, 5.41) is 13.9. The van der Waals surface area contributed by atoms with Crippen LogP contribution in [0.5, 0.6) is 0 Å². The summed E-state index contributed by atoms with van der Waals surface area (Å²) >= 11 is 6.02. The van der Waals surface area contributed by atoms with E-state index in [9.17, 15) is 28.8 Å². The number of nitrogens with one attached hydrogen (secondary N) is 2. The van der Waals surface area contributed by atoms with Crippen molar-refractivity contribution < 1.29 is 55.7 Å². The van der Waals surface area contributed by atoms with E-state index < -0.39 is 5.97 Å². The predicted molar refractivity (Wildman–Crippen MR) is 367 cm³/mol. The number of carboxylic acids is 1. The number of rotatable bonds is 5. The number of aromatic nitrogens is 1. The first-order chi connectivity index (χ1) is 43.9. The molecule has 8 aromatic rings. The number of halogens is 1. The maximum atomic E-state index is 13.4. The largest absolute Gasteiger partial charge is 0.481 e. The van der Waals surface area contributed by atoms with Crippen molar-refractivity contribution in [2.75, 3.05) is 75.6 Å². The second kappa shape index (κ2) is 30.8. The van der Waals surface area contributed by atoms with Gasteiger partial charge in [0.25, 0.3) is 0 Å². The monoisotopic (exact) mass is 1350 g/mol. The molecular weight excluding hydrogens is 1260 g/mol. The van der Waals surface area contributed by atoms with Gasteiger partial charge in [0.1, 0.15) is 0 Å². The molecule has 9 aliphatic rings. The van der Waals surface area contributed by atoms with E-state index in [0.29, 0.717) is 43.5 Å². The van der Waals surface area contributed by atoms with Crippen LogP contribution in [0.1, 0.15) is 116 Å². The molecule has 9 aliphatic heterocycles. The van der Waals surface area contributed by atoms with Crippen molar-refractivity contribution in [2.45, 2.75) is 110 Å². The molecule has 0 saturated carbocycles. The Bertz CT molecular complexity index is 3910. The van der Waals surface area contributed by atoms with Gasteiger partial charge in [0, 0.05) is 139 Å². The number of hydrogen-bond donors (Lipinski definition) is 3. The van der Waals surface area contributed by atoms with Crippen molar-refractivity contribution in [1.82, 2.24) is 4.98 Å². The number of carboxylic acid groups (broad SMARTS) is 1. The first kappa shape index (κ1) is 66.6. The van der Waals surface area contributed by atoms with Crippen molar-refractivity contribution >= 4 is 92.0 Å². The summed E-state index contributed by atoms with van der Waals surface area (Å²) < 4.78 is 0. The molecule has 7 aromatic carbocycles. The maximum absolute atomic E-state index is 13.4. The van der Waals surface area contributed by atoms with Crippen LogP contribution in [0.3, 0.4) is 0 Å². The SMILES string of the molecule is C.O=C(O)CCC(=O)N1CCc2ccccc21.O=C1C(C2CCN(c3ccc(Cl)cc3)CC2)CCc2cccc3c2N1CC3.O=C1CCC(=O)N2CCc3cccc1c32.O=C1CCCc2cccc3c2N1CC3.[HH].[Pd].c1ccc2[nH]ccc2c1.c1ccc2c(c1)CCN2. The molecule has 10 heterocycles. The van der Waals surface area contributed by atoms with Crippen LogP contribution in [-0.2, 0) is 89.3 Å². The molecule has 0 radical (unpaired) electrons. The van der Waals surface area contributed by atoms with E-state index in [4.69, 9.17) is 16.7 Å². The second-order valence-corrected chi connectivity index (χ2v) is 24.9. The molecule has 1 saturated heterocycles. The quantitative estimate of drug-likeness (QED) is 0.142. The molecule has 482 valence electrons. The number of aliphatic carboxylic acids is 1. The third-order valence-electron chi connectivity index (χ3n) is 19.0. The van der Waals surface area contributed by atoms with Gasteiger partial charge < -0.3 is 39.9 Å². The Hall–Kier alpha value is -8.35. The number of carbonyl (C=O) groups excluding carboxylic acids is 5. The van der Waals surface area contributed by atoms with Gasteiger partial charge in [-0.15, -0.1) is 0 Å². The minimum Gasteiger partial charge on any atom is -0.481 e. The van der Waals surface area contributed by atoms with Crippen LogP contribution in [0, 0.1) is 11.8 Å². The molecule has 1 unspecified atom stereocenters. The van der Waals surface area contributed by atoms with Crippen LogP contribution in [-0.4, -0.2) is 91.3 Å². The summed E-state index contributed by atoms with van der Waals surface area (Å²) in [5.74, 6) is 0.525. The van der Waals surface area contributed by atoms with Crippen LogP contribution < -0.4 is 29.8 Å². The molecule has 14 nitrogen and oxygen atoms in total. The van der Waals surface area contributed by atoms with Gasteiger partial charge in [-0.05, 0) is 175 Å². The molecule has 0 aliphatic carbocycles. The van der Waals surface area contributed by atoms with Gasteiger partial charge in [-0.1, -0.05) is 122 Å². The van der Waals surface area contributed by atoms with Gasteiger partial charge in [-0.3, -0.25) is 28.8 Å². The van der Waals surface area contributed by atoms with Crippen molar-refractivity contribution in [3.63, 3.8) is 0 Å². The van der Waals surface area contributed by atoms with Gasteiger partial charge in [0.05, 0.1) is 23.5 Å². The molecule has 4 amide bonds. The number of ketones is 1. The Kier molecular flexibility index (Phi) is 22.3. The number of aromatic amines is 1. The van der Waals surface area contributed by atoms with Crippen molar-refractivity contribution in [1.29, 1.82) is 0 Å². The first-order valence-electron chi connectivity index (χ1n) is 32.2. The first-order valence-corrected chi connectivity index (χ1v) is 32.6. The van der Waals surface area contributed by atoms with Crippen LogP contribution in [0.4, 0.5) is 34.1 Å². The second-order valence-electron chi connectivity index (χ2n) is 24.4. The number of nitrogens with zero attached hydrogens (tertiary/aromatic N) is 5. The molecule has 1 atom stereocenters. The van der Waals surface area contributed by atoms with E-state index in [-0.39, 0.29) is 65.6 Å². The number of amides is 4. The Morgan fingerprint density at radius 2 is 1.10 bits per heavy atom. The summed E-state index contributed by atoms with van der Waals surface area (Å²) in [6, 6.07) is 53.3.